The first-order chi connectivity index (χ1) is 4.67. The van der Waals surface area contributed by atoms with E-state index in [0.29, 0.717) is 5.41 Å². The molecule has 0 saturated carbocycles. The van der Waals surface area contributed by atoms with Gasteiger partial charge in [-0.3, -0.25) is 0 Å². The van der Waals surface area contributed by atoms with Gasteiger partial charge < -0.3 is 0 Å². The van der Waals surface area contributed by atoms with Crippen LogP contribution in [0.25, 0.3) is 0 Å². The zero-order valence-electron chi connectivity index (χ0n) is 6.73. The summed E-state index contributed by atoms with van der Waals surface area (Å²) in [4.78, 5) is 0. The highest BCUT2D eigenvalue weighted by Gasteiger charge is 2.27. The lowest BCUT2D eigenvalue weighted by Gasteiger charge is -2.33. The van der Waals surface area contributed by atoms with Crippen molar-refractivity contribution in [3.8, 4) is 0 Å². The molecule has 0 radical (unpaired) electrons. The molecule has 0 aliphatic heterocycles. The number of allylic oxidation sites excluding steroid dienone is 2. The molecule has 0 aromatic carbocycles. The van der Waals surface area contributed by atoms with E-state index >= 15 is 0 Å². The Kier molecular flexibility index (Phi) is 2.56. The van der Waals surface area contributed by atoms with E-state index in [-0.39, 0.29) is 0 Å². The summed E-state index contributed by atoms with van der Waals surface area (Å²) < 4.78 is 0. The molecule has 0 fully saturated rings. The zero-order chi connectivity index (χ0) is 7.61. The van der Waals surface area contributed by atoms with Gasteiger partial charge in [0.25, 0.3) is 0 Å². The van der Waals surface area contributed by atoms with Crippen molar-refractivity contribution >= 4 is 15.9 Å². The van der Waals surface area contributed by atoms with E-state index in [9.17, 15) is 0 Å². The molecule has 58 valence electrons. The Bertz CT molecular complexity index is 136. The summed E-state index contributed by atoms with van der Waals surface area (Å²) in [5.41, 5.74) is 0.512. The van der Waals surface area contributed by atoms with E-state index in [1.54, 1.807) is 0 Å². The Labute approximate surface area is 71.8 Å². The summed E-state index contributed by atoms with van der Waals surface area (Å²) in [7, 11) is 0. The summed E-state index contributed by atoms with van der Waals surface area (Å²) >= 11 is 3.54. The lowest BCUT2D eigenvalue weighted by Crippen LogP contribution is -2.25. The van der Waals surface area contributed by atoms with Crippen LogP contribution in [0.15, 0.2) is 12.2 Å². The molecule has 0 bridgehead atoms. The molecule has 1 unspecified atom stereocenters. The monoisotopic (exact) mass is 202 g/mol. The molecule has 0 amide bonds. The molecule has 0 spiro atoms. The SMILES string of the molecule is CC1(C)CCC=CC1CBr. The van der Waals surface area contributed by atoms with Crippen molar-refractivity contribution in [1.82, 2.24) is 0 Å². The Hall–Kier alpha value is 0.220. The quantitative estimate of drug-likeness (QED) is 0.452. The summed E-state index contributed by atoms with van der Waals surface area (Å²) in [6.07, 6.45) is 7.24. The van der Waals surface area contributed by atoms with E-state index < -0.39 is 0 Å². The molecule has 0 heterocycles. The number of alkyl halides is 1. The summed E-state index contributed by atoms with van der Waals surface area (Å²) in [6, 6.07) is 0. The fourth-order valence-corrected chi connectivity index (χ4v) is 2.51. The summed E-state index contributed by atoms with van der Waals surface area (Å²) in [5.74, 6) is 0.737. The van der Waals surface area contributed by atoms with Crippen molar-refractivity contribution in [3.63, 3.8) is 0 Å². The Morgan fingerprint density at radius 3 is 2.70 bits per heavy atom. The molecule has 0 aromatic heterocycles. The highest BCUT2D eigenvalue weighted by molar-refractivity contribution is 9.09. The van der Waals surface area contributed by atoms with Gasteiger partial charge in [-0.2, -0.15) is 0 Å². The average Bonchev–Trinajstić information content (AvgIpc) is 1.87. The van der Waals surface area contributed by atoms with E-state index in [4.69, 9.17) is 0 Å². The fourth-order valence-electron chi connectivity index (χ4n) is 1.42. The van der Waals surface area contributed by atoms with Gasteiger partial charge in [0.2, 0.25) is 0 Å². The molecule has 0 aromatic rings. The van der Waals surface area contributed by atoms with Gasteiger partial charge in [0.05, 0.1) is 0 Å². The van der Waals surface area contributed by atoms with Gasteiger partial charge in [-0.15, -0.1) is 0 Å². The number of hydrogen-bond acceptors (Lipinski definition) is 0. The maximum atomic E-state index is 3.54. The van der Waals surface area contributed by atoms with Gasteiger partial charge in [-0.25, -0.2) is 0 Å². The minimum atomic E-state index is 0.512. The van der Waals surface area contributed by atoms with Gasteiger partial charge in [-0.05, 0) is 24.2 Å². The molecule has 1 rings (SSSR count). The smallest absolute Gasteiger partial charge is 0.00994 e. The van der Waals surface area contributed by atoms with Crippen LogP contribution in [-0.4, -0.2) is 5.33 Å². The van der Waals surface area contributed by atoms with Crippen molar-refractivity contribution in [3.05, 3.63) is 12.2 Å². The summed E-state index contributed by atoms with van der Waals surface area (Å²) in [6.45, 7) is 4.70. The van der Waals surface area contributed by atoms with Crippen LogP contribution in [0, 0.1) is 11.3 Å². The fraction of sp³-hybridized carbons (Fsp3) is 0.778. The van der Waals surface area contributed by atoms with Gasteiger partial charge in [0, 0.05) is 5.33 Å². The third kappa shape index (κ3) is 1.63. The third-order valence-electron chi connectivity index (χ3n) is 2.49. The maximum Gasteiger partial charge on any atom is 0.00994 e. The molecular weight excluding hydrogens is 188 g/mol. The molecule has 1 aliphatic carbocycles. The van der Waals surface area contributed by atoms with Crippen molar-refractivity contribution in [1.29, 1.82) is 0 Å². The Morgan fingerprint density at radius 1 is 1.60 bits per heavy atom. The lowest BCUT2D eigenvalue weighted by molar-refractivity contribution is 0.249. The Morgan fingerprint density at radius 2 is 2.30 bits per heavy atom. The molecule has 10 heavy (non-hydrogen) atoms. The van der Waals surface area contributed by atoms with Crippen LogP contribution >= 0.6 is 15.9 Å². The second-order valence-electron chi connectivity index (χ2n) is 3.72. The third-order valence-corrected chi connectivity index (χ3v) is 3.19. The topological polar surface area (TPSA) is 0 Å². The number of hydrogen-bond donors (Lipinski definition) is 0. The molecule has 0 nitrogen and oxygen atoms in total. The van der Waals surface area contributed by atoms with Gasteiger partial charge >= 0.3 is 0 Å². The summed E-state index contributed by atoms with van der Waals surface area (Å²) in [5, 5.41) is 1.11. The maximum absolute atomic E-state index is 3.54. The normalized spacial score (nSPS) is 30.5. The predicted molar refractivity (Wildman–Crippen MR) is 49.4 cm³/mol. The largest absolute Gasteiger partial charge is 0.0921 e. The first-order valence-electron chi connectivity index (χ1n) is 3.89. The molecule has 1 heteroatoms. The first-order valence-corrected chi connectivity index (χ1v) is 5.01. The highest BCUT2D eigenvalue weighted by Crippen LogP contribution is 2.37. The highest BCUT2D eigenvalue weighted by atomic mass is 79.9. The van der Waals surface area contributed by atoms with Gasteiger partial charge in [0.1, 0.15) is 0 Å². The zero-order valence-corrected chi connectivity index (χ0v) is 8.32. The number of rotatable bonds is 1. The van der Waals surface area contributed by atoms with E-state index in [1.807, 2.05) is 0 Å². The van der Waals surface area contributed by atoms with E-state index in [1.165, 1.54) is 12.8 Å². The Balaban J connectivity index is 2.66. The number of halogens is 1. The second kappa shape index (κ2) is 3.08. The first kappa shape index (κ1) is 8.32. The molecular formula is C9H15Br. The molecule has 0 N–H and O–H groups in total. The standard InChI is InChI=1S/C9H15Br/c1-9(2)6-4-3-5-8(9)7-10/h3,5,8H,4,6-7H2,1-2H3. The minimum absolute atomic E-state index is 0.512. The minimum Gasteiger partial charge on any atom is -0.0921 e. The van der Waals surface area contributed by atoms with Crippen LogP contribution in [0.3, 0.4) is 0 Å². The lowest BCUT2D eigenvalue weighted by atomic mass is 9.73. The van der Waals surface area contributed by atoms with Crippen molar-refractivity contribution in [2.45, 2.75) is 26.7 Å². The van der Waals surface area contributed by atoms with Crippen LogP contribution in [0.5, 0.6) is 0 Å². The van der Waals surface area contributed by atoms with Crippen LogP contribution in [0.2, 0.25) is 0 Å². The van der Waals surface area contributed by atoms with Crippen LogP contribution in [0.1, 0.15) is 26.7 Å². The second-order valence-corrected chi connectivity index (χ2v) is 4.36. The van der Waals surface area contributed by atoms with Gasteiger partial charge in [-0.1, -0.05) is 41.9 Å². The predicted octanol–water partition coefficient (Wildman–Crippen LogP) is 3.37. The molecule has 1 atom stereocenters. The molecule has 1 aliphatic rings. The molecule has 0 saturated heterocycles. The van der Waals surface area contributed by atoms with Crippen LogP contribution in [0.4, 0.5) is 0 Å². The van der Waals surface area contributed by atoms with Crippen molar-refractivity contribution in [2.75, 3.05) is 5.33 Å². The van der Waals surface area contributed by atoms with Crippen molar-refractivity contribution < 1.29 is 0 Å². The van der Waals surface area contributed by atoms with E-state index in [2.05, 4.69) is 41.9 Å². The van der Waals surface area contributed by atoms with Crippen LogP contribution in [-0.2, 0) is 0 Å². The van der Waals surface area contributed by atoms with Crippen LogP contribution < -0.4 is 0 Å². The van der Waals surface area contributed by atoms with Gasteiger partial charge in [0.15, 0.2) is 0 Å². The van der Waals surface area contributed by atoms with Crippen molar-refractivity contribution in [2.24, 2.45) is 11.3 Å². The average molecular weight is 203 g/mol. The van der Waals surface area contributed by atoms with E-state index in [0.717, 1.165) is 11.2 Å².